The minimum absolute atomic E-state index is 0.0447. The molecule has 14 heteroatoms. The maximum atomic E-state index is 14.2. The Morgan fingerprint density at radius 2 is 1.73 bits per heavy atom. The number of rotatable bonds is 10. The molecule has 10 nitrogen and oxygen atoms in total. The SMILES string of the molecule is CC(=O)c1[nH]c2ccc(F)cc2c1-c1cn(CC2CCN(CCNS(=O)(=O)N3CCC(c4c(F)cccc4F)CC3)CC2)nn1. The topological polar surface area (TPSA) is 116 Å². The first-order valence-corrected chi connectivity index (χ1v) is 16.7. The van der Waals surface area contributed by atoms with Crippen molar-refractivity contribution in [2.45, 2.75) is 45.1 Å². The fourth-order valence-electron chi connectivity index (χ4n) is 6.56. The number of piperidine rings is 2. The molecule has 6 rings (SSSR count). The molecular formula is C31H36F3N7O3S. The molecule has 4 heterocycles. The van der Waals surface area contributed by atoms with Crippen LogP contribution in [0.4, 0.5) is 13.2 Å². The number of likely N-dealkylation sites (tertiary alicyclic amines) is 1. The summed E-state index contributed by atoms with van der Waals surface area (Å²) in [4.78, 5) is 17.6. The summed E-state index contributed by atoms with van der Waals surface area (Å²) in [6.07, 6.45) is 4.31. The molecule has 2 aromatic heterocycles. The van der Waals surface area contributed by atoms with Gasteiger partial charge in [0.25, 0.3) is 10.2 Å². The van der Waals surface area contributed by atoms with Crippen molar-refractivity contribution in [3.8, 4) is 11.3 Å². The number of H-pyrrole nitrogens is 1. The van der Waals surface area contributed by atoms with Crippen LogP contribution < -0.4 is 4.72 Å². The zero-order valence-electron chi connectivity index (χ0n) is 25.0. The Morgan fingerprint density at radius 3 is 2.42 bits per heavy atom. The number of aromatic amines is 1. The van der Waals surface area contributed by atoms with Gasteiger partial charge in [-0.2, -0.15) is 12.7 Å². The second-order valence-electron chi connectivity index (χ2n) is 11.9. The van der Waals surface area contributed by atoms with Crippen LogP contribution in [0.3, 0.4) is 0 Å². The summed E-state index contributed by atoms with van der Waals surface area (Å²) in [6, 6.07) is 8.13. The number of Topliss-reactive ketones (excluding diaryl/α,β-unsaturated/α-hetero) is 1. The van der Waals surface area contributed by atoms with Gasteiger partial charge in [-0.15, -0.1) is 5.10 Å². The van der Waals surface area contributed by atoms with E-state index in [0.717, 1.165) is 25.9 Å². The van der Waals surface area contributed by atoms with Crippen LogP contribution in [0.2, 0.25) is 0 Å². The fraction of sp³-hybridized carbons (Fsp3) is 0.452. The number of halogens is 3. The first-order chi connectivity index (χ1) is 21.6. The van der Waals surface area contributed by atoms with Crippen LogP contribution >= 0.6 is 0 Å². The van der Waals surface area contributed by atoms with Crippen LogP contribution in [0.1, 0.15) is 54.6 Å². The summed E-state index contributed by atoms with van der Waals surface area (Å²) in [6.45, 7) is 4.97. The van der Waals surface area contributed by atoms with Crippen molar-refractivity contribution in [2.75, 3.05) is 39.3 Å². The van der Waals surface area contributed by atoms with E-state index in [9.17, 15) is 26.4 Å². The summed E-state index contributed by atoms with van der Waals surface area (Å²) < 4.78 is 73.9. The molecule has 2 aromatic carbocycles. The van der Waals surface area contributed by atoms with Gasteiger partial charge in [-0.25, -0.2) is 17.9 Å². The molecule has 0 bridgehead atoms. The third-order valence-corrected chi connectivity index (χ3v) is 10.6. The molecule has 0 aliphatic carbocycles. The number of carbonyl (C=O) groups is 1. The van der Waals surface area contributed by atoms with Gasteiger partial charge in [0.15, 0.2) is 5.78 Å². The number of hydrogen-bond acceptors (Lipinski definition) is 6. The third-order valence-electron chi connectivity index (χ3n) is 8.97. The minimum atomic E-state index is -3.70. The number of ketones is 1. The molecule has 2 fully saturated rings. The number of nitrogens with zero attached hydrogens (tertiary/aromatic N) is 5. The molecule has 0 amide bonds. The number of benzene rings is 2. The lowest BCUT2D eigenvalue weighted by atomic mass is 9.89. The molecule has 0 unspecified atom stereocenters. The van der Waals surface area contributed by atoms with Gasteiger partial charge in [0, 0.05) is 61.7 Å². The standard InChI is InChI=1S/C31H36F3N7O3S/c1-20(42)31-30(24-17-23(32)5-6-27(24)36-31)28-19-40(38-37-28)18-21-7-12-39(13-8-21)16-11-35-45(43,44)41-14-9-22(10-15-41)29-25(33)3-2-4-26(29)34/h2-6,17,19,21-22,35-36H,7-16,18H2,1H3. The van der Waals surface area contributed by atoms with Crippen molar-refractivity contribution in [3.05, 3.63) is 71.3 Å². The molecule has 0 radical (unpaired) electrons. The first kappa shape index (κ1) is 31.4. The molecule has 4 aromatic rings. The number of nitrogens with one attached hydrogen (secondary N) is 2. The summed E-state index contributed by atoms with van der Waals surface area (Å²) >= 11 is 0. The highest BCUT2D eigenvalue weighted by Crippen LogP contribution is 2.33. The predicted octanol–water partition coefficient (Wildman–Crippen LogP) is 4.47. The Hall–Kier alpha value is -3.59. The summed E-state index contributed by atoms with van der Waals surface area (Å²) in [7, 11) is -3.70. The molecule has 45 heavy (non-hydrogen) atoms. The minimum Gasteiger partial charge on any atom is -0.352 e. The zero-order valence-corrected chi connectivity index (χ0v) is 25.8. The second kappa shape index (κ2) is 13.0. The summed E-state index contributed by atoms with van der Waals surface area (Å²) in [5.41, 5.74) is 2.12. The molecule has 2 saturated heterocycles. The fourth-order valence-corrected chi connectivity index (χ4v) is 7.79. The van der Waals surface area contributed by atoms with Crippen molar-refractivity contribution in [1.82, 2.24) is 33.9 Å². The number of carbonyl (C=O) groups excluding carboxylic acids is 1. The van der Waals surface area contributed by atoms with Gasteiger partial charge < -0.3 is 9.88 Å². The number of hydrogen-bond donors (Lipinski definition) is 2. The monoisotopic (exact) mass is 643 g/mol. The average molecular weight is 644 g/mol. The second-order valence-corrected chi connectivity index (χ2v) is 13.7. The molecule has 2 aliphatic rings. The van der Waals surface area contributed by atoms with E-state index < -0.39 is 27.7 Å². The van der Waals surface area contributed by atoms with E-state index >= 15 is 0 Å². The smallest absolute Gasteiger partial charge is 0.279 e. The van der Waals surface area contributed by atoms with E-state index in [1.165, 1.54) is 41.6 Å². The van der Waals surface area contributed by atoms with Crippen molar-refractivity contribution >= 4 is 26.9 Å². The molecule has 0 saturated carbocycles. The molecule has 2 aliphatic heterocycles. The molecule has 0 spiro atoms. The lowest BCUT2D eigenvalue weighted by Gasteiger charge is -2.33. The van der Waals surface area contributed by atoms with Gasteiger partial charge in [0.05, 0.1) is 11.9 Å². The van der Waals surface area contributed by atoms with E-state index in [4.69, 9.17) is 0 Å². The Labute approximate surface area is 259 Å². The molecule has 2 N–H and O–H groups in total. The lowest BCUT2D eigenvalue weighted by Crippen LogP contribution is -2.47. The number of fused-ring (bicyclic) bond motifs is 1. The quantitative estimate of drug-likeness (QED) is 0.247. The van der Waals surface area contributed by atoms with Crippen molar-refractivity contribution in [1.29, 1.82) is 0 Å². The van der Waals surface area contributed by atoms with E-state index in [1.54, 1.807) is 16.9 Å². The van der Waals surface area contributed by atoms with Crippen LogP contribution in [0.25, 0.3) is 22.2 Å². The van der Waals surface area contributed by atoms with Crippen molar-refractivity contribution < 1.29 is 26.4 Å². The zero-order chi connectivity index (χ0) is 31.7. The van der Waals surface area contributed by atoms with Crippen molar-refractivity contribution in [3.63, 3.8) is 0 Å². The van der Waals surface area contributed by atoms with Crippen molar-refractivity contribution in [2.24, 2.45) is 5.92 Å². The maximum absolute atomic E-state index is 14.2. The highest BCUT2D eigenvalue weighted by Gasteiger charge is 2.31. The van der Waals surface area contributed by atoms with Gasteiger partial charge >= 0.3 is 0 Å². The Morgan fingerprint density at radius 1 is 1.02 bits per heavy atom. The third kappa shape index (κ3) is 6.83. The Balaban J connectivity index is 0.967. The van der Waals surface area contributed by atoms with Crippen LogP contribution in [-0.4, -0.2) is 82.7 Å². The molecule has 240 valence electrons. The average Bonchev–Trinajstić information content (AvgIpc) is 3.62. The molecular weight excluding hydrogens is 607 g/mol. The van der Waals surface area contributed by atoms with Gasteiger partial charge in [0.2, 0.25) is 0 Å². The molecule has 0 atom stereocenters. The highest BCUT2D eigenvalue weighted by molar-refractivity contribution is 7.87. The lowest BCUT2D eigenvalue weighted by molar-refractivity contribution is 0.101. The maximum Gasteiger partial charge on any atom is 0.279 e. The first-order valence-electron chi connectivity index (χ1n) is 15.2. The van der Waals surface area contributed by atoms with E-state index in [0.29, 0.717) is 59.7 Å². The van der Waals surface area contributed by atoms with Gasteiger partial charge in [-0.3, -0.25) is 9.48 Å². The van der Waals surface area contributed by atoms with Crippen LogP contribution in [-0.2, 0) is 16.8 Å². The highest BCUT2D eigenvalue weighted by atomic mass is 32.2. The summed E-state index contributed by atoms with van der Waals surface area (Å²) in [5.74, 6) is -1.75. The van der Waals surface area contributed by atoms with Gasteiger partial charge in [0.1, 0.15) is 23.1 Å². The van der Waals surface area contributed by atoms with E-state index in [-0.39, 0.29) is 36.9 Å². The van der Waals surface area contributed by atoms with Gasteiger partial charge in [-0.1, -0.05) is 11.3 Å². The largest absolute Gasteiger partial charge is 0.352 e. The normalized spacial score (nSPS) is 17.8. The summed E-state index contributed by atoms with van der Waals surface area (Å²) in [5, 5.41) is 9.16. The Bertz CT molecular complexity index is 1770. The van der Waals surface area contributed by atoms with Crippen LogP contribution in [0.15, 0.2) is 42.6 Å². The van der Waals surface area contributed by atoms with Crippen LogP contribution in [0, 0.1) is 23.4 Å². The Kier molecular flexibility index (Phi) is 9.09. The number of aromatic nitrogens is 4. The van der Waals surface area contributed by atoms with E-state index in [2.05, 4.69) is 24.9 Å². The van der Waals surface area contributed by atoms with Crippen LogP contribution in [0.5, 0.6) is 0 Å². The van der Waals surface area contributed by atoms with E-state index in [1.807, 2.05) is 0 Å². The van der Waals surface area contributed by atoms with Gasteiger partial charge in [-0.05, 0) is 80.9 Å². The predicted molar refractivity (Wildman–Crippen MR) is 163 cm³/mol.